The normalized spacial score (nSPS) is 15.6. The standard InChI is InChI=1S/C18H25N5OS/c1-14-9-5-6-10-15(14)17-20-21-18(23(17)19)25-13-16(24)22-11-7-3-2-4-8-12-22/h5-6,9-10H,2-4,7-8,11-13,19H2,1H3. The summed E-state index contributed by atoms with van der Waals surface area (Å²) in [5.41, 5.74) is 2.05. The first-order valence-electron chi connectivity index (χ1n) is 8.84. The molecule has 0 bridgehead atoms. The number of hydrogen-bond donors (Lipinski definition) is 1. The van der Waals surface area contributed by atoms with E-state index in [1.165, 1.54) is 35.7 Å². The number of amides is 1. The van der Waals surface area contributed by atoms with Gasteiger partial charge in [0.1, 0.15) is 0 Å². The SMILES string of the molecule is Cc1ccccc1-c1nnc(SCC(=O)N2CCCCCCC2)n1N. The molecule has 2 heterocycles. The van der Waals surface area contributed by atoms with Crippen molar-refractivity contribution in [3.05, 3.63) is 29.8 Å². The summed E-state index contributed by atoms with van der Waals surface area (Å²) in [5.74, 6) is 7.29. The highest BCUT2D eigenvalue weighted by Crippen LogP contribution is 2.24. The summed E-state index contributed by atoms with van der Waals surface area (Å²) in [6, 6.07) is 7.92. The molecule has 1 aliphatic rings. The predicted molar refractivity (Wildman–Crippen MR) is 101 cm³/mol. The Kier molecular flexibility index (Phi) is 5.96. The number of aromatic nitrogens is 3. The summed E-state index contributed by atoms with van der Waals surface area (Å²) in [6.07, 6.45) is 5.91. The Morgan fingerprint density at radius 2 is 1.80 bits per heavy atom. The van der Waals surface area contributed by atoms with Gasteiger partial charge in [-0.15, -0.1) is 10.2 Å². The molecule has 2 N–H and O–H groups in total. The summed E-state index contributed by atoms with van der Waals surface area (Å²) in [7, 11) is 0. The molecule has 1 saturated heterocycles. The van der Waals surface area contributed by atoms with Crippen LogP contribution in [0.15, 0.2) is 29.4 Å². The molecule has 2 aromatic rings. The molecule has 1 aliphatic heterocycles. The van der Waals surface area contributed by atoms with E-state index in [-0.39, 0.29) is 5.91 Å². The number of aryl methyl sites for hydroxylation is 1. The first kappa shape index (κ1) is 17.8. The quantitative estimate of drug-likeness (QED) is 0.671. The van der Waals surface area contributed by atoms with Gasteiger partial charge in [-0.05, 0) is 25.3 Å². The molecule has 0 atom stereocenters. The van der Waals surface area contributed by atoms with Crippen LogP contribution in [0.2, 0.25) is 0 Å². The van der Waals surface area contributed by atoms with Gasteiger partial charge in [0, 0.05) is 18.7 Å². The average molecular weight is 359 g/mol. The zero-order valence-corrected chi connectivity index (χ0v) is 15.5. The van der Waals surface area contributed by atoms with Gasteiger partial charge < -0.3 is 10.7 Å². The van der Waals surface area contributed by atoms with E-state index in [9.17, 15) is 4.79 Å². The highest BCUT2D eigenvalue weighted by Gasteiger charge is 2.18. The van der Waals surface area contributed by atoms with Crippen molar-refractivity contribution in [3.63, 3.8) is 0 Å². The summed E-state index contributed by atoms with van der Waals surface area (Å²) >= 11 is 1.36. The molecular weight excluding hydrogens is 334 g/mol. The van der Waals surface area contributed by atoms with E-state index in [0.29, 0.717) is 16.7 Å². The van der Waals surface area contributed by atoms with Gasteiger partial charge in [-0.25, -0.2) is 4.68 Å². The van der Waals surface area contributed by atoms with Crippen LogP contribution < -0.4 is 5.84 Å². The molecule has 1 aromatic heterocycles. The minimum Gasteiger partial charge on any atom is -0.342 e. The van der Waals surface area contributed by atoms with Crippen molar-refractivity contribution >= 4 is 17.7 Å². The van der Waals surface area contributed by atoms with Gasteiger partial charge >= 0.3 is 0 Å². The third kappa shape index (κ3) is 4.34. The second-order valence-corrected chi connectivity index (χ2v) is 7.37. The molecule has 134 valence electrons. The number of carbonyl (C=O) groups excluding carboxylic acids is 1. The fourth-order valence-corrected chi connectivity index (χ4v) is 3.86. The number of carbonyl (C=O) groups is 1. The van der Waals surface area contributed by atoms with Crippen LogP contribution in [0.1, 0.15) is 37.7 Å². The molecule has 1 fully saturated rings. The molecule has 0 spiro atoms. The molecule has 6 nitrogen and oxygen atoms in total. The first-order valence-corrected chi connectivity index (χ1v) is 9.82. The Hall–Kier alpha value is -2.02. The molecule has 1 amide bonds. The lowest BCUT2D eigenvalue weighted by molar-refractivity contribution is -0.128. The minimum absolute atomic E-state index is 0.160. The smallest absolute Gasteiger partial charge is 0.233 e. The van der Waals surface area contributed by atoms with Gasteiger partial charge in [0.05, 0.1) is 5.75 Å². The van der Waals surface area contributed by atoms with Crippen molar-refractivity contribution in [2.45, 2.75) is 44.2 Å². The molecule has 7 heteroatoms. The third-order valence-electron chi connectivity index (χ3n) is 4.58. The van der Waals surface area contributed by atoms with Crippen LogP contribution in [0, 0.1) is 6.92 Å². The monoisotopic (exact) mass is 359 g/mol. The van der Waals surface area contributed by atoms with E-state index in [2.05, 4.69) is 10.2 Å². The van der Waals surface area contributed by atoms with E-state index in [0.717, 1.165) is 37.1 Å². The molecule has 25 heavy (non-hydrogen) atoms. The van der Waals surface area contributed by atoms with Gasteiger partial charge in [-0.1, -0.05) is 55.3 Å². The second kappa shape index (κ2) is 8.38. The van der Waals surface area contributed by atoms with E-state index < -0.39 is 0 Å². The van der Waals surface area contributed by atoms with Crippen LogP contribution in [0.25, 0.3) is 11.4 Å². The number of nitrogens with two attached hydrogens (primary N) is 1. The van der Waals surface area contributed by atoms with Gasteiger partial charge in [-0.2, -0.15) is 0 Å². The number of nitrogens with zero attached hydrogens (tertiary/aromatic N) is 4. The topological polar surface area (TPSA) is 77.0 Å². The molecule has 0 radical (unpaired) electrons. The summed E-state index contributed by atoms with van der Waals surface area (Å²) < 4.78 is 1.48. The molecule has 0 saturated carbocycles. The highest BCUT2D eigenvalue weighted by atomic mass is 32.2. The lowest BCUT2D eigenvalue weighted by atomic mass is 10.1. The van der Waals surface area contributed by atoms with E-state index in [1.54, 1.807) is 0 Å². The van der Waals surface area contributed by atoms with Crippen LogP contribution in [0.4, 0.5) is 0 Å². The first-order chi connectivity index (χ1) is 12.2. The maximum absolute atomic E-state index is 12.5. The maximum atomic E-state index is 12.5. The number of rotatable bonds is 4. The minimum atomic E-state index is 0.160. The molecule has 0 aliphatic carbocycles. The number of likely N-dealkylation sites (tertiary alicyclic amines) is 1. The second-order valence-electron chi connectivity index (χ2n) is 6.43. The molecular formula is C18H25N5OS. The molecule has 0 unspecified atom stereocenters. The fourth-order valence-electron chi connectivity index (χ4n) is 3.10. The lowest BCUT2D eigenvalue weighted by Crippen LogP contribution is -2.35. The van der Waals surface area contributed by atoms with E-state index in [4.69, 9.17) is 5.84 Å². The zero-order valence-electron chi connectivity index (χ0n) is 14.6. The number of nitrogen functional groups attached to an aromatic ring is 1. The van der Waals surface area contributed by atoms with Crippen LogP contribution in [-0.4, -0.2) is 44.5 Å². The van der Waals surface area contributed by atoms with Crippen molar-refractivity contribution in [1.29, 1.82) is 0 Å². The maximum Gasteiger partial charge on any atom is 0.233 e. The van der Waals surface area contributed by atoms with Crippen LogP contribution in [0.5, 0.6) is 0 Å². The van der Waals surface area contributed by atoms with Gasteiger partial charge in [0.25, 0.3) is 0 Å². The zero-order chi connectivity index (χ0) is 17.6. The predicted octanol–water partition coefficient (Wildman–Crippen LogP) is 2.85. The van der Waals surface area contributed by atoms with Crippen molar-refractivity contribution in [1.82, 2.24) is 19.8 Å². The van der Waals surface area contributed by atoms with Gasteiger partial charge in [-0.3, -0.25) is 4.79 Å². The van der Waals surface area contributed by atoms with Crippen LogP contribution in [0.3, 0.4) is 0 Å². The Bertz CT molecular complexity index is 722. The summed E-state index contributed by atoms with van der Waals surface area (Å²) in [5, 5.41) is 8.94. The number of benzene rings is 1. The third-order valence-corrected chi connectivity index (χ3v) is 5.51. The van der Waals surface area contributed by atoms with Crippen LogP contribution in [-0.2, 0) is 4.79 Å². The largest absolute Gasteiger partial charge is 0.342 e. The Morgan fingerprint density at radius 3 is 2.52 bits per heavy atom. The highest BCUT2D eigenvalue weighted by molar-refractivity contribution is 7.99. The lowest BCUT2D eigenvalue weighted by Gasteiger charge is -2.24. The number of hydrogen-bond acceptors (Lipinski definition) is 5. The van der Waals surface area contributed by atoms with Crippen molar-refractivity contribution in [3.8, 4) is 11.4 Å². The van der Waals surface area contributed by atoms with Crippen molar-refractivity contribution in [2.24, 2.45) is 0 Å². The summed E-state index contributed by atoms with van der Waals surface area (Å²) in [6.45, 7) is 3.74. The van der Waals surface area contributed by atoms with Crippen LogP contribution >= 0.6 is 11.8 Å². The van der Waals surface area contributed by atoms with Crippen molar-refractivity contribution in [2.75, 3.05) is 24.7 Å². The molecule has 1 aromatic carbocycles. The number of thioether (sulfide) groups is 1. The Balaban J connectivity index is 1.64. The Morgan fingerprint density at radius 1 is 1.12 bits per heavy atom. The average Bonchev–Trinajstić information content (AvgIpc) is 2.93. The molecule has 3 rings (SSSR count). The van der Waals surface area contributed by atoms with E-state index >= 15 is 0 Å². The summed E-state index contributed by atoms with van der Waals surface area (Å²) in [4.78, 5) is 14.5. The Labute approximate surface area is 152 Å². The fraction of sp³-hybridized carbons (Fsp3) is 0.500. The van der Waals surface area contributed by atoms with E-state index in [1.807, 2.05) is 36.1 Å². The van der Waals surface area contributed by atoms with Crippen molar-refractivity contribution < 1.29 is 4.79 Å². The van der Waals surface area contributed by atoms with Gasteiger partial charge in [0.2, 0.25) is 11.1 Å². The van der Waals surface area contributed by atoms with Gasteiger partial charge in [0.15, 0.2) is 5.82 Å².